The van der Waals surface area contributed by atoms with Gasteiger partial charge in [-0.25, -0.2) is 4.98 Å². The summed E-state index contributed by atoms with van der Waals surface area (Å²) in [5.74, 6) is 1.88. The van der Waals surface area contributed by atoms with Crippen LogP contribution in [0.4, 0.5) is 5.82 Å². The van der Waals surface area contributed by atoms with Gasteiger partial charge in [-0.1, -0.05) is 43.0 Å². The van der Waals surface area contributed by atoms with Crippen LogP contribution in [0.25, 0.3) is 0 Å². The number of nitrogens with zero attached hydrogens (tertiary/aromatic N) is 4. The maximum atomic E-state index is 13.2. The Labute approximate surface area is 329 Å². The van der Waals surface area contributed by atoms with Gasteiger partial charge in [0.25, 0.3) is 5.91 Å². The molecule has 3 unspecified atom stereocenters. The molecule has 2 amide bonds. The summed E-state index contributed by atoms with van der Waals surface area (Å²) in [6.07, 6.45) is 8.64. The van der Waals surface area contributed by atoms with Gasteiger partial charge in [-0.2, -0.15) is 5.10 Å². The molecule has 0 spiro atoms. The average molecular weight is 760 g/mol. The van der Waals surface area contributed by atoms with Crippen molar-refractivity contribution in [1.82, 2.24) is 30.3 Å². The molecule has 3 aliphatic rings. The third-order valence-electron chi connectivity index (χ3n) is 11.2. The largest absolute Gasteiger partial charge is 0.474 e. The Morgan fingerprint density at radius 1 is 1.00 bits per heavy atom. The maximum Gasteiger partial charge on any atom is 0.255 e. The van der Waals surface area contributed by atoms with Gasteiger partial charge in [-0.15, -0.1) is 0 Å². The number of ether oxygens (including phenoxy) is 1. The number of aldehydes is 2. The van der Waals surface area contributed by atoms with Crippen molar-refractivity contribution < 1.29 is 23.9 Å². The predicted octanol–water partition coefficient (Wildman–Crippen LogP) is 6.35. The van der Waals surface area contributed by atoms with Gasteiger partial charge in [0, 0.05) is 67.8 Å². The number of rotatable bonds is 12. The van der Waals surface area contributed by atoms with E-state index in [1.165, 1.54) is 16.2 Å². The van der Waals surface area contributed by atoms with Gasteiger partial charge in [0.05, 0.1) is 5.56 Å². The highest BCUT2D eigenvalue weighted by Gasteiger charge is 2.32. The molecule has 12 nitrogen and oxygen atoms in total. The van der Waals surface area contributed by atoms with E-state index in [-0.39, 0.29) is 17.9 Å². The molecule has 3 fully saturated rings. The van der Waals surface area contributed by atoms with Crippen LogP contribution in [0, 0.1) is 6.92 Å². The number of nitrogens with one attached hydrogen (secondary N) is 3. The molecule has 3 atom stereocenters. The van der Waals surface area contributed by atoms with Gasteiger partial charge in [0.2, 0.25) is 11.8 Å². The first-order chi connectivity index (χ1) is 27.1. The molecule has 2 aliphatic heterocycles. The number of amides is 2. The number of likely N-dealkylation sites (N-methyl/N-ethyl adjacent to an activating group) is 1. The standard InChI is InChI=1S/C29H33N3O4.C15H20N4O/c1-20-3-10-27(28(35)30-20)31(2)29(36)26-9-8-24(17-25(26)19-34)23-11-14-32(15-12-23)18-22-6-4-21(5-7-22)13-16-33;1-10-4-3-5-15(17-10)20-12-7-6-11(8-12)13-9-14(16-2)19-18-13/h4-9,16-17,19,23,27H,1,3,10-15,18H2,2H3,(H,30,35);3-5,9,11-12H,6-8H2,1-2H3,(H2,16,18,19). The minimum absolute atomic E-state index is 0.241. The summed E-state index contributed by atoms with van der Waals surface area (Å²) in [5, 5.41) is 13.1. The topological polar surface area (TPSA) is 150 Å². The Bertz CT molecular complexity index is 2000. The first kappa shape index (κ1) is 40.1. The highest BCUT2D eigenvalue weighted by atomic mass is 16.5. The zero-order valence-electron chi connectivity index (χ0n) is 32.6. The zero-order valence-corrected chi connectivity index (χ0v) is 32.6. The Kier molecular flexibility index (Phi) is 13.5. The summed E-state index contributed by atoms with van der Waals surface area (Å²) >= 11 is 0. The van der Waals surface area contributed by atoms with Crippen LogP contribution in [0.5, 0.6) is 5.88 Å². The number of allylic oxidation sites excluding steroid dienone is 1. The van der Waals surface area contributed by atoms with Crippen LogP contribution in [0.2, 0.25) is 0 Å². The van der Waals surface area contributed by atoms with Crippen LogP contribution in [0.3, 0.4) is 0 Å². The molecule has 56 heavy (non-hydrogen) atoms. The van der Waals surface area contributed by atoms with E-state index in [1.807, 2.05) is 56.4 Å². The zero-order chi connectivity index (χ0) is 39.6. The predicted molar refractivity (Wildman–Crippen MR) is 216 cm³/mol. The lowest BCUT2D eigenvalue weighted by molar-refractivity contribution is -0.125. The van der Waals surface area contributed by atoms with E-state index >= 15 is 0 Å². The van der Waals surface area contributed by atoms with Gasteiger partial charge in [0.15, 0.2) is 6.29 Å². The molecule has 2 aromatic heterocycles. The first-order valence-electron chi connectivity index (χ1n) is 19.6. The number of anilines is 1. The van der Waals surface area contributed by atoms with Crippen molar-refractivity contribution in [2.24, 2.45) is 0 Å². The van der Waals surface area contributed by atoms with E-state index in [4.69, 9.17) is 4.74 Å². The second kappa shape index (κ2) is 18.8. The fourth-order valence-corrected chi connectivity index (χ4v) is 7.91. The van der Waals surface area contributed by atoms with E-state index < -0.39 is 6.04 Å². The molecule has 0 bridgehead atoms. The van der Waals surface area contributed by atoms with Crippen LogP contribution in [-0.4, -0.2) is 88.7 Å². The van der Waals surface area contributed by atoms with Crippen LogP contribution in [0.1, 0.15) is 106 Å². The quantitative estimate of drug-likeness (QED) is 0.140. The van der Waals surface area contributed by atoms with Gasteiger partial charge >= 0.3 is 0 Å². The highest BCUT2D eigenvalue weighted by molar-refractivity contribution is 6.03. The van der Waals surface area contributed by atoms with Crippen molar-refractivity contribution in [3.05, 3.63) is 118 Å². The number of hydrogen-bond acceptors (Lipinski definition) is 9. The van der Waals surface area contributed by atoms with Crippen LogP contribution < -0.4 is 15.4 Å². The van der Waals surface area contributed by atoms with Gasteiger partial charge < -0.3 is 25.1 Å². The molecule has 2 aromatic carbocycles. The number of piperidine rings is 2. The molecule has 2 saturated heterocycles. The van der Waals surface area contributed by atoms with Gasteiger partial charge in [-0.05, 0) is 106 Å². The number of carbonyl (C=O) groups excluding carboxylic acids is 4. The molecule has 1 saturated carbocycles. The van der Waals surface area contributed by atoms with Crippen molar-refractivity contribution in [3.63, 3.8) is 0 Å². The maximum absolute atomic E-state index is 13.2. The minimum atomic E-state index is -0.576. The van der Waals surface area contributed by atoms with Crippen molar-refractivity contribution in [2.75, 3.05) is 32.5 Å². The number of benzene rings is 2. The van der Waals surface area contributed by atoms with E-state index in [9.17, 15) is 19.2 Å². The van der Waals surface area contributed by atoms with E-state index in [0.717, 1.165) is 92.8 Å². The second-order valence-electron chi connectivity index (χ2n) is 15.1. The molecule has 0 radical (unpaired) electrons. The lowest BCUT2D eigenvalue weighted by atomic mass is 9.87. The number of carbonyl (C=O) groups is 4. The molecular formula is C44H53N7O5. The number of hydrogen-bond donors (Lipinski definition) is 3. The van der Waals surface area contributed by atoms with Crippen LogP contribution in [-0.2, 0) is 22.6 Å². The van der Waals surface area contributed by atoms with Crippen molar-refractivity contribution in [3.8, 4) is 5.88 Å². The van der Waals surface area contributed by atoms with Gasteiger partial charge in [-0.3, -0.25) is 24.4 Å². The minimum Gasteiger partial charge on any atom is -0.474 e. The number of aromatic nitrogens is 3. The van der Waals surface area contributed by atoms with Crippen LogP contribution >= 0.6 is 0 Å². The summed E-state index contributed by atoms with van der Waals surface area (Å²) in [6.45, 7) is 8.53. The van der Waals surface area contributed by atoms with Crippen molar-refractivity contribution in [1.29, 1.82) is 0 Å². The van der Waals surface area contributed by atoms with Crippen LogP contribution in [0.15, 0.2) is 79.0 Å². The first-order valence-corrected chi connectivity index (χ1v) is 19.6. The second-order valence-corrected chi connectivity index (χ2v) is 15.1. The lowest BCUT2D eigenvalue weighted by Gasteiger charge is -2.33. The summed E-state index contributed by atoms with van der Waals surface area (Å²) in [4.78, 5) is 56.3. The molecule has 294 valence electrons. The number of aromatic amines is 1. The Morgan fingerprint density at radius 3 is 2.45 bits per heavy atom. The third-order valence-corrected chi connectivity index (χ3v) is 11.2. The molecule has 3 N–H and O–H groups in total. The normalized spacial score (nSPS) is 20.0. The third kappa shape index (κ3) is 10.2. The Morgan fingerprint density at radius 2 is 1.77 bits per heavy atom. The molecule has 1 aliphatic carbocycles. The summed E-state index contributed by atoms with van der Waals surface area (Å²) < 4.78 is 5.98. The number of likely N-dealkylation sites (tertiary alicyclic amines) is 1. The molecule has 7 rings (SSSR count). The molecule has 4 aromatic rings. The molecular weight excluding hydrogens is 707 g/mol. The van der Waals surface area contributed by atoms with Crippen molar-refractivity contribution in [2.45, 2.75) is 88.8 Å². The smallest absolute Gasteiger partial charge is 0.255 e. The van der Waals surface area contributed by atoms with Gasteiger partial charge in [0.1, 0.15) is 24.2 Å². The monoisotopic (exact) mass is 759 g/mol. The number of pyridine rings is 1. The fourth-order valence-electron chi connectivity index (χ4n) is 7.91. The Hall–Kier alpha value is -5.62. The van der Waals surface area contributed by atoms with E-state index in [2.05, 4.69) is 55.5 Å². The van der Waals surface area contributed by atoms with E-state index in [0.29, 0.717) is 47.9 Å². The molecule has 12 heteroatoms. The average Bonchev–Trinajstić information content (AvgIpc) is 3.89. The number of H-pyrrole nitrogens is 1. The Balaban J connectivity index is 0.000000223. The summed E-state index contributed by atoms with van der Waals surface area (Å²) in [5.41, 5.74) is 6.86. The van der Waals surface area contributed by atoms with Crippen molar-refractivity contribution >= 4 is 30.2 Å². The van der Waals surface area contributed by atoms with E-state index in [1.54, 1.807) is 13.1 Å². The highest BCUT2D eigenvalue weighted by Crippen LogP contribution is 2.36. The summed E-state index contributed by atoms with van der Waals surface area (Å²) in [6, 6.07) is 21.1. The fraction of sp³-hybridized carbons (Fsp3) is 0.409. The lowest BCUT2D eigenvalue weighted by Crippen LogP contribution is -2.50. The summed E-state index contributed by atoms with van der Waals surface area (Å²) in [7, 11) is 3.48. The SMILES string of the molecule is C=C1CCC(N(C)C(=O)c2ccc(C3CCN(Cc4ccc(CC=O)cc4)CC3)cc2C=O)C(=O)N1.CNc1cc(C2CCC(Oc3cccc(C)n3)C2)[nH]n1. The number of aryl methyl sites for hydroxylation is 1. The molecule has 4 heterocycles.